The number of nitrogens with zero attached hydrogens (tertiary/aromatic N) is 3. The Kier molecular flexibility index (Phi) is 4.94. The van der Waals surface area contributed by atoms with Crippen molar-refractivity contribution in [2.75, 3.05) is 11.9 Å². The second-order valence-electron chi connectivity index (χ2n) is 8.97. The summed E-state index contributed by atoms with van der Waals surface area (Å²) in [7, 11) is 0. The number of aliphatic hydroxyl groups excluding tert-OH is 1. The number of benzene rings is 1. The Morgan fingerprint density at radius 1 is 1.20 bits per heavy atom. The first-order chi connectivity index (χ1) is 14.5. The fourth-order valence-electron chi connectivity index (χ4n) is 4.74. The number of nitrogens with one attached hydrogen (secondary N) is 1. The van der Waals surface area contributed by atoms with Gasteiger partial charge in [0, 0.05) is 34.6 Å². The number of rotatable bonds is 5. The van der Waals surface area contributed by atoms with Crippen LogP contribution in [0.1, 0.15) is 57.9 Å². The molecule has 7 heteroatoms. The Hall–Kier alpha value is -2.18. The van der Waals surface area contributed by atoms with E-state index in [-0.39, 0.29) is 17.7 Å². The quantitative estimate of drug-likeness (QED) is 0.579. The summed E-state index contributed by atoms with van der Waals surface area (Å²) < 4.78 is 1.82. The number of aromatic nitrogens is 3. The van der Waals surface area contributed by atoms with Gasteiger partial charge in [0.25, 0.3) is 5.56 Å². The van der Waals surface area contributed by atoms with Crippen molar-refractivity contribution in [1.82, 2.24) is 14.5 Å². The second-order valence-corrected chi connectivity index (χ2v) is 9.40. The fraction of sp³-hybridized carbons (Fsp3) is 0.522. The van der Waals surface area contributed by atoms with Crippen molar-refractivity contribution >= 4 is 39.4 Å². The van der Waals surface area contributed by atoms with E-state index in [1.54, 1.807) is 12.1 Å². The van der Waals surface area contributed by atoms with Crippen LogP contribution < -0.4 is 10.9 Å². The maximum Gasteiger partial charge on any atom is 0.260 e. The van der Waals surface area contributed by atoms with Gasteiger partial charge >= 0.3 is 0 Å². The van der Waals surface area contributed by atoms with E-state index in [0.29, 0.717) is 40.3 Å². The molecule has 1 aromatic carbocycles. The molecular formula is C23H27ClN4O2. The lowest BCUT2D eigenvalue weighted by Gasteiger charge is -2.28. The van der Waals surface area contributed by atoms with E-state index >= 15 is 0 Å². The van der Waals surface area contributed by atoms with Gasteiger partial charge in [0.15, 0.2) is 0 Å². The molecule has 3 aromatic rings. The molecule has 2 saturated carbocycles. The van der Waals surface area contributed by atoms with Crippen LogP contribution in [0.25, 0.3) is 21.8 Å². The molecule has 0 saturated heterocycles. The first-order valence-electron chi connectivity index (χ1n) is 10.9. The SMILES string of the molecule is CCC1(CNc2ncc3c4ccc(Cl)cc4c(=O)n(C4CCC(O)CC4)c3n2)CC1. The molecule has 2 aromatic heterocycles. The van der Waals surface area contributed by atoms with Crippen LogP contribution in [0.15, 0.2) is 29.2 Å². The van der Waals surface area contributed by atoms with Crippen molar-refractivity contribution in [3.8, 4) is 0 Å². The van der Waals surface area contributed by atoms with Crippen LogP contribution in [0.4, 0.5) is 5.95 Å². The Morgan fingerprint density at radius 3 is 2.67 bits per heavy atom. The molecule has 2 fully saturated rings. The zero-order valence-corrected chi connectivity index (χ0v) is 18.0. The molecule has 0 radical (unpaired) electrons. The lowest BCUT2D eigenvalue weighted by Crippen LogP contribution is -2.30. The van der Waals surface area contributed by atoms with Gasteiger partial charge in [0.05, 0.1) is 6.10 Å². The summed E-state index contributed by atoms with van der Waals surface area (Å²) in [6.07, 6.45) is 8.07. The molecular weight excluding hydrogens is 400 g/mol. The highest BCUT2D eigenvalue weighted by atomic mass is 35.5. The molecule has 6 nitrogen and oxygen atoms in total. The monoisotopic (exact) mass is 426 g/mol. The molecule has 0 atom stereocenters. The van der Waals surface area contributed by atoms with Crippen molar-refractivity contribution in [2.45, 2.75) is 64.0 Å². The van der Waals surface area contributed by atoms with Gasteiger partial charge in [0.2, 0.25) is 5.95 Å². The van der Waals surface area contributed by atoms with Gasteiger partial charge in [0.1, 0.15) is 5.65 Å². The van der Waals surface area contributed by atoms with E-state index in [2.05, 4.69) is 17.2 Å². The van der Waals surface area contributed by atoms with E-state index in [4.69, 9.17) is 16.6 Å². The average molecular weight is 427 g/mol. The van der Waals surface area contributed by atoms with Crippen molar-refractivity contribution in [3.05, 3.63) is 39.8 Å². The van der Waals surface area contributed by atoms with Crippen molar-refractivity contribution in [2.24, 2.45) is 5.41 Å². The Morgan fingerprint density at radius 2 is 1.97 bits per heavy atom. The van der Waals surface area contributed by atoms with E-state index < -0.39 is 0 Å². The number of hydrogen-bond acceptors (Lipinski definition) is 5. The third kappa shape index (κ3) is 3.46. The minimum Gasteiger partial charge on any atom is -0.393 e. The van der Waals surface area contributed by atoms with Crippen molar-refractivity contribution in [3.63, 3.8) is 0 Å². The maximum atomic E-state index is 13.5. The molecule has 0 unspecified atom stereocenters. The molecule has 0 aliphatic heterocycles. The molecule has 0 bridgehead atoms. The summed E-state index contributed by atoms with van der Waals surface area (Å²) >= 11 is 6.21. The van der Waals surface area contributed by atoms with E-state index in [9.17, 15) is 9.90 Å². The molecule has 2 aliphatic rings. The van der Waals surface area contributed by atoms with Gasteiger partial charge in [-0.2, -0.15) is 4.98 Å². The summed E-state index contributed by atoms with van der Waals surface area (Å²) in [6, 6.07) is 5.43. The van der Waals surface area contributed by atoms with Crippen LogP contribution in [-0.2, 0) is 0 Å². The van der Waals surface area contributed by atoms with E-state index in [0.717, 1.165) is 36.6 Å². The largest absolute Gasteiger partial charge is 0.393 e. The number of halogens is 1. The number of fused-ring (bicyclic) bond motifs is 3. The number of hydrogen-bond donors (Lipinski definition) is 2. The minimum atomic E-state index is -0.284. The Balaban J connectivity index is 1.65. The van der Waals surface area contributed by atoms with E-state index in [1.807, 2.05) is 16.8 Å². The first-order valence-corrected chi connectivity index (χ1v) is 11.3. The van der Waals surface area contributed by atoms with Crippen LogP contribution in [0, 0.1) is 5.41 Å². The predicted octanol–water partition coefficient (Wildman–Crippen LogP) is 4.68. The van der Waals surface area contributed by atoms with Gasteiger partial charge in [-0.05, 0) is 67.9 Å². The molecule has 5 rings (SSSR count). The minimum absolute atomic E-state index is 0.0138. The predicted molar refractivity (Wildman–Crippen MR) is 120 cm³/mol. The summed E-state index contributed by atoms with van der Waals surface area (Å²) in [5.74, 6) is 0.569. The standard InChI is InChI=1S/C23H27ClN4O2/c1-2-23(9-10-23)13-26-22-25-12-19-17-8-3-14(24)11-18(17)21(30)28(20(19)27-22)15-4-6-16(29)7-5-15/h3,8,11-12,15-16,29H,2,4-7,9-10,13H2,1H3,(H,25,26,27). The van der Waals surface area contributed by atoms with Crippen molar-refractivity contribution in [1.29, 1.82) is 0 Å². The highest BCUT2D eigenvalue weighted by molar-refractivity contribution is 6.31. The van der Waals surface area contributed by atoms with Crippen molar-refractivity contribution < 1.29 is 5.11 Å². The summed E-state index contributed by atoms with van der Waals surface area (Å²) in [4.78, 5) is 22.9. The molecule has 158 valence electrons. The molecule has 2 N–H and O–H groups in total. The lowest BCUT2D eigenvalue weighted by atomic mass is 9.92. The molecule has 2 aliphatic carbocycles. The maximum absolute atomic E-state index is 13.5. The second kappa shape index (κ2) is 7.50. The van der Waals surface area contributed by atoms with Crippen LogP contribution in [0.5, 0.6) is 0 Å². The fourth-order valence-corrected chi connectivity index (χ4v) is 4.91. The summed E-state index contributed by atoms with van der Waals surface area (Å²) in [6.45, 7) is 3.08. The van der Waals surface area contributed by atoms with Gasteiger partial charge in [-0.25, -0.2) is 4.98 Å². The van der Waals surface area contributed by atoms with Crippen LogP contribution in [0.3, 0.4) is 0 Å². The van der Waals surface area contributed by atoms with Gasteiger partial charge in [-0.15, -0.1) is 0 Å². The Labute approximate surface area is 180 Å². The number of aliphatic hydroxyl groups is 1. The summed E-state index contributed by atoms with van der Waals surface area (Å²) in [5.41, 5.74) is 0.964. The average Bonchev–Trinajstić information content (AvgIpc) is 3.54. The first kappa shape index (κ1) is 19.8. The highest BCUT2D eigenvalue weighted by Crippen LogP contribution is 2.48. The normalized spacial score (nSPS) is 23.0. The number of anilines is 1. The zero-order valence-electron chi connectivity index (χ0n) is 17.2. The molecule has 2 heterocycles. The van der Waals surface area contributed by atoms with Crippen LogP contribution >= 0.6 is 11.6 Å². The van der Waals surface area contributed by atoms with Gasteiger partial charge in [-0.3, -0.25) is 9.36 Å². The molecule has 30 heavy (non-hydrogen) atoms. The molecule has 0 spiro atoms. The Bertz CT molecular complexity index is 1160. The van der Waals surface area contributed by atoms with Gasteiger partial charge in [-0.1, -0.05) is 24.6 Å². The summed E-state index contributed by atoms with van der Waals surface area (Å²) in [5, 5.41) is 16.2. The lowest BCUT2D eigenvalue weighted by molar-refractivity contribution is 0.111. The topological polar surface area (TPSA) is 80.0 Å². The zero-order chi connectivity index (χ0) is 20.9. The highest BCUT2D eigenvalue weighted by Gasteiger charge is 2.40. The van der Waals surface area contributed by atoms with E-state index in [1.165, 1.54) is 12.8 Å². The van der Waals surface area contributed by atoms with Crippen LogP contribution in [0.2, 0.25) is 5.02 Å². The third-order valence-corrected chi connectivity index (χ3v) is 7.31. The van der Waals surface area contributed by atoms with Crippen LogP contribution in [-0.4, -0.2) is 32.3 Å². The smallest absolute Gasteiger partial charge is 0.260 e. The van der Waals surface area contributed by atoms with Gasteiger partial charge < -0.3 is 10.4 Å². The third-order valence-electron chi connectivity index (χ3n) is 7.08. The molecule has 0 amide bonds. The number of pyridine rings is 1.